The summed E-state index contributed by atoms with van der Waals surface area (Å²) in [4.78, 5) is 21.2. The van der Waals surface area contributed by atoms with Crippen LogP contribution in [0, 0.1) is 10.1 Å². The highest BCUT2D eigenvalue weighted by Gasteiger charge is 2.32. The van der Waals surface area contributed by atoms with E-state index in [4.69, 9.17) is 15.2 Å². The molecule has 10 heteroatoms. The molecule has 2 aliphatic heterocycles. The van der Waals surface area contributed by atoms with E-state index < -0.39 is 4.92 Å². The predicted molar refractivity (Wildman–Crippen MR) is 92.8 cm³/mol. The molecule has 0 aromatic carbocycles. The topological polar surface area (TPSA) is 129 Å². The van der Waals surface area contributed by atoms with Crippen molar-refractivity contribution in [2.24, 2.45) is 0 Å². The second-order valence-electron chi connectivity index (χ2n) is 6.54. The van der Waals surface area contributed by atoms with Crippen LogP contribution in [0.15, 0.2) is 0 Å². The Hall–Kier alpha value is -2.20. The number of rotatable bonds is 5. The Kier molecular flexibility index (Phi) is 5.19. The van der Waals surface area contributed by atoms with Crippen molar-refractivity contribution in [1.82, 2.24) is 9.97 Å². The lowest BCUT2D eigenvalue weighted by molar-refractivity contribution is -0.383. The lowest BCUT2D eigenvalue weighted by Gasteiger charge is -2.35. The Balaban J connectivity index is 1.86. The zero-order valence-electron chi connectivity index (χ0n) is 14.5. The van der Waals surface area contributed by atoms with Crippen LogP contribution in [0.25, 0.3) is 0 Å². The second kappa shape index (κ2) is 7.36. The first-order valence-electron chi connectivity index (χ1n) is 8.51. The molecule has 2 saturated heterocycles. The average Bonchev–Trinajstić information content (AvgIpc) is 3.04. The number of nitrogens with one attached hydrogen (secondary N) is 1. The molecule has 1 aromatic heterocycles. The van der Waals surface area contributed by atoms with Gasteiger partial charge in [0, 0.05) is 26.2 Å². The summed E-state index contributed by atoms with van der Waals surface area (Å²) < 4.78 is 11.3. The third-order valence-electron chi connectivity index (χ3n) is 4.31. The maximum absolute atomic E-state index is 11.5. The van der Waals surface area contributed by atoms with Crippen molar-refractivity contribution in [3.63, 3.8) is 0 Å². The molecule has 0 amide bonds. The highest BCUT2D eigenvalue weighted by Crippen LogP contribution is 2.33. The standard InChI is InChI=1S/C15H24N6O4/c1-9-7-20(8-10(2)25-9)14-12(21(22)23)13(16)18-15(19-14)17-6-11-4-3-5-24-11/h9-11H,3-8H2,1-2H3,(H3,16,17,18,19)/t9-,10-,11-/m0/s1. The number of anilines is 3. The number of hydrogen-bond acceptors (Lipinski definition) is 9. The van der Waals surface area contributed by atoms with E-state index in [1.54, 1.807) is 0 Å². The third kappa shape index (κ3) is 4.07. The summed E-state index contributed by atoms with van der Waals surface area (Å²) in [5.74, 6) is 0.367. The Morgan fingerprint density at radius 3 is 2.68 bits per heavy atom. The van der Waals surface area contributed by atoms with Gasteiger partial charge in [0.15, 0.2) is 0 Å². The minimum Gasteiger partial charge on any atom is -0.378 e. The number of nitrogen functional groups attached to an aromatic ring is 1. The van der Waals surface area contributed by atoms with Crippen LogP contribution in [0.1, 0.15) is 26.7 Å². The summed E-state index contributed by atoms with van der Waals surface area (Å²) in [6, 6.07) is 0. The first kappa shape index (κ1) is 17.6. The van der Waals surface area contributed by atoms with Crippen LogP contribution in [0.3, 0.4) is 0 Å². The van der Waals surface area contributed by atoms with Crippen LogP contribution < -0.4 is 16.0 Å². The van der Waals surface area contributed by atoms with Gasteiger partial charge in [0.25, 0.3) is 0 Å². The summed E-state index contributed by atoms with van der Waals surface area (Å²) in [5, 5.41) is 14.6. The molecule has 2 fully saturated rings. The zero-order chi connectivity index (χ0) is 18.0. The molecule has 3 atom stereocenters. The van der Waals surface area contributed by atoms with Crippen LogP contribution in [-0.4, -0.2) is 59.4 Å². The van der Waals surface area contributed by atoms with Gasteiger partial charge in [0.05, 0.1) is 23.2 Å². The predicted octanol–water partition coefficient (Wildman–Crippen LogP) is 1.17. The molecule has 25 heavy (non-hydrogen) atoms. The first-order chi connectivity index (χ1) is 11.9. The summed E-state index contributed by atoms with van der Waals surface area (Å²) in [6.45, 7) is 6.17. The van der Waals surface area contributed by atoms with Gasteiger partial charge in [-0.25, -0.2) is 0 Å². The van der Waals surface area contributed by atoms with Gasteiger partial charge in [-0.05, 0) is 26.7 Å². The number of ether oxygens (including phenoxy) is 2. The Bertz CT molecular complexity index is 627. The van der Waals surface area contributed by atoms with Crippen LogP contribution in [0.5, 0.6) is 0 Å². The van der Waals surface area contributed by atoms with E-state index in [0.717, 1.165) is 19.4 Å². The monoisotopic (exact) mass is 352 g/mol. The van der Waals surface area contributed by atoms with E-state index in [1.165, 1.54) is 0 Å². The van der Waals surface area contributed by atoms with E-state index in [9.17, 15) is 10.1 Å². The fourth-order valence-electron chi connectivity index (χ4n) is 3.30. The summed E-state index contributed by atoms with van der Waals surface area (Å²) >= 11 is 0. The van der Waals surface area contributed by atoms with Crippen LogP contribution >= 0.6 is 0 Å². The van der Waals surface area contributed by atoms with Gasteiger partial charge >= 0.3 is 5.69 Å². The lowest BCUT2D eigenvalue weighted by atomic mass is 10.2. The fourth-order valence-corrected chi connectivity index (χ4v) is 3.30. The minimum atomic E-state index is -0.528. The molecule has 0 bridgehead atoms. The molecule has 0 unspecified atom stereocenters. The van der Waals surface area contributed by atoms with E-state index in [2.05, 4.69) is 15.3 Å². The highest BCUT2D eigenvalue weighted by molar-refractivity contribution is 5.71. The normalized spacial score (nSPS) is 26.6. The fraction of sp³-hybridized carbons (Fsp3) is 0.733. The van der Waals surface area contributed by atoms with Crippen molar-refractivity contribution in [2.75, 3.05) is 42.2 Å². The smallest absolute Gasteiger partial charge is 0.353 e. The number of nitro groups is 1. The Morgan fingerprint density at radius 1 is 1.36 bits per heavy atom. The van der Waals surface area contributed by atoms with E-state index in [-0.39, 0.29) is 41.6 Å². The van der Waals surface area contributed by atoms with Gasteiger partial charge in [0.1, 0.15) is 0 Å². The van der Waals surface area contributed by atoms with Crippen molar-refractivity contribution in [2.45, 2.75) is 45.0 Å². The Morgan fingerprint density at radius 2 is 2.08 bits per heavy atom. The molecule has 3 heterocycles. The van der Waals surface area contributed by atoms with Crippen molar-refractivity contribution in [1.29, 1.82) is 0 Å². The molecule has 10 nitrogen and oxygen atoms in total. The highest BCUT2D eigenvalue weighted by atomic mass is 16.6. The molecule has 3 rings (SSSR count). The molecule has 0 spiro atoms. The molecule has 138 valence electrons. The van der Waals surface area contributed by atoms with Gasteiger partial charge in [0.2, 0.25) is 17.6 Å². The van der Waals surface area contributed by atoms with Crippen molar-refractivity contribution in [3.8, 4) is 0 Å². The van der Waals surface area contributed by atoms with Crippen LogP contribution in [0.4, 0.5) is 23.3 Å². The van der Waals surface area contributed by atoms with Gasteiger partial charge < -0.3 is 25.4 Å². The number of morpholine rings is 1. The van der Waals surface area contributed by atoms with E-state index in [1.807, 2.05) is 18.7 Å². The van der Waals surface area contributed by atoms with Crippen molar-refractivity contribution < 1.29 is 14.4 Å². The maximum atomic E-state index is 11.5. The quantitative estimate of drug-likeness (QED) is 0.592. The van der Waals surface area contributed by atoms with Gasteiger partial charge in [-0.1, -0.05) is 0 Å². The van der Waals surface area contributed by atoms with Gasteiger partial charge in [-0.15, -0.1) is 0 Å². The molecule has 2 aliphatic rings. The zero-order valence-corrected chi connectivity index (χ0v) is 14.5. The molecule has 3 N–H and O–H groups in total. The Labute approximate surface area is 145 Å². The van der Waals surface area contributed by atoms with Crippen LogP contribution in [0.2, 0.25) is 0 Å². The minimum absolute atomic E-state index is 0.0529. The maximum Gasteiger partial charge on any atom is 0.353 e. The third-order valence-corrected chi connectivity index (χ3v) is 4.31. The number of nitrogens with zero attached hydrogens (tertiary/aromatic N) is 4. The van der Waals surface area contributed by atoms with E-state index >= 15 is 0 Å². The van der Waals surface area contributed by atoms with Crippen molar-refractivity contribution >= 4 is 23.3 Å². The number of hydrogen-bond donors (Lipinski definition) is 2. The van der Waals surface area contributed by atoms with Gasteiger partial charge in [-0.3, -0.25) is 10.1 Å². The van der Waals surface area contributed by atoms with Gasteiger partial charge in [-0.2, -0.15) is 9.97 Å². The van der Waals surface area contributed by atoms with Crippen molar-refractivity contribution in [3.05, 3.63) is 10.1 Å². The molecule has 0 radical (unpaired) electrons. The lowest BCUT2D eigenvalue weighted by Crippen LogP contribution is -2.46. The molecular formula is C15H24N6O4. The SMILES string of the molecule is C[C@H]1CN(c2nc(NC[C@@H]3CCCO3)nc(N)c2[N+](=O)[O-])C[C@H](C)O1. The van der Waals surface area contributed by atoms with E-state index in [0.29, 0.717) is 19.6 Å². The largest absolute Gasteiger partial charge is 0.378 e. The molecular weight excluding hydrogens is 328 g/mol. The number of aromatic nitrogens is 2. The summed E-state index contributed by atoms with van der Waals surface area (Å²) in [6.07, 6.45) is 2.00. The number of nitrogens with two attached hydrogens (primary N) is 1. The summed E-state index contributed by atoms with van der Waals surface area (Å²) in [7, 11) is 0. The molecule has 0 aliphatic carbocycles. The molecule has 1 aromatic rings. The first-order valence-corrected chi connectivity index (χ1v) is 8.51. The van der Waals surface area contributed by atoms with Crippen LogP contribution in [-0.2, 0) is 9.47 Å². The summed E-state index contributed by atoms with van der Waals surface area (Å²) in [5.41, 5.74) is 5.60. The average molecular weight is 352 g/mol. The second-order valence-corrected chi connectivity index (χ2v) is 6.54. The molecule has 0 saturated carbocycles.